The highest BCUT2D eigenvalue weighted by molar-refractivity contribution is 7.92. The van der Waals surface area contributed by atoms with Gasteiger partial charge < -0.3 is 14.8 Å². The van der Waals surface area contributed by atoms with Crippen molar-refractivity contribution in [3.8, 4) is 11.5 Å². The summed E-state index contributed by atoms with van der Waals surface area (Å²) in [6.07, 6.45) is 1.93. The Bertz CT molecular complexity index is 1150. The summed E-state index contributed by atoms with van der Waals surface area (Å²) in [5.41, 5.74) is 1.07. The lowest BCUT2D eigenvalue weighted by molar-refractivity contribution is -0.385. The minimum absolute atomic E-state index is 0.0286. The number of benzene rings is 2. The van der Waals surface area contributed by atoms with Crippen molar-refractivity contribution in [3.05, 3.63) is 51.6 Å². The van der Waals surface area contributed by atoms with Crippen molar-refractivity contribution in [3.63, 3.8) is 0 Å². The zero-order chi connectivity index (χ0) is 23.5. The van der Waals surface area contributed by atoms with Gasteiger partial charge >= 0.3 is 0 Å². The van der Waals surface area contributed by atoms with Gasteiger partial charge in [-0.2, -0.15) is 0 Å². The van der Waals surface area contributed by atoms with Crippen molar-refractivity contribution < 1.29 is 27.6 Å². The van der Waals surface area contributed by atoms with Crippen LogP contribution in [0.15, 0.2) is 30.3 Å². The molecule has 0 spiro atoms. The predicted octanol–water partition coefficient (Wildman–Crippen LogP) is 3.36. The maximum absolute atomic E-state index is 12.9. The fourth-order valence-corrected chi connectivity index (χ4v) is 5.29. The second kappa shape index (κ2) is 9.43. The fourth-order valence-electron chi connectivity index (χ4n) is 3.68. The number of nitro groups is 1. The standard InChI is InChI=1S/C21H25N3O7S/c1-4-10-32(28,29)23-9-5-6-14-7-8-15(11-17(14)23)22-21(25)16-12-19(30-2)20(31-3)13-18(16)24(26)27/h7-8,11-13H,4-6,9-10H2,1-3H3,(H,22,25). The first-order valence-electron chi connectivity index (χ1n) is 10.1. The van der Waals surface area contributed by atoms with Gasteiger partial charge in [0.25, 0.3) is 11.6 Å². The molecule has 2 aromatic carbocycles. The highest BCUT2D eigenvalue weighted by atomic mass is 32.2. The van der Waals surface area contributed by atoms with E-state index in [9.17, 15) is 23.3 Å². The third kappa shape index (κ3) is 4.62. The van der Waals surface area contributed by atoms with E-state index in [4.69, 9.17) is 9.47 Å². The Balaban J connectivity index is 1.97. The van der Waals surface area contributed by atoms with E-state index in [1.807, 2.05) is 0 Å². The number of hydrogen-bond donors (Lipinski definition) is 1. The number of nitrogens with one attached hydrogen (secondary N) is 1. The lowest BCUT2D eigenvalue weighted by Gasteiger charge is -2.31. The van der Waals surface area contributed by atoms with E-state index in [1.165, 1.54) is 24.6 Å². The minimum atomic E-state index is -3.48. The van der Waals surface area contributed by atoms with Crippen LogP contribution in [0.25, 0.3) is 0 Å². The number of sulfonamides is 1. The highest BCUT2D eigenvalue weighted by Gasteiger charge is 2.28. The van der Waals surface area contributed by atoms with Gasteiger partial charge in [-0.3, -0.25) is 19.2 Å². The van der Waals surface area contributed by atoms with Gasteiger partial charge in [-0.05, 0) is 37.0 Å². The molecular formula is C21H25N3O7S. The number of amides is 1. The van der Waals surface area contributed by atoms with Crippen molar-refractivity contribution in [2.75, 3.05) is 36.1 Å². The quantitative estimate of drug-likeness (QED) is 0.469. The lowest BCUT2D eigenvalue weighted by Crippen LogP contribution is -2.37. The molecule has 3 rings (SSSR count). The SMILES string of the molecule is CCCS(=O)(=O)N1CCCc2ccc(NC(=O)c3cc(OC)c(OC)cc3[N+](=O)[O-])cc21. The molecule has 0 fully saturated rings. The summed E-state index contributed by atoms with van der Waals surface area (Å²) in [7, 11) is -0.777. The number of hydrogen-bond acceptors (Lipinski definition) is 7. The van der Waals surface area contributed by atoms with E-state index in [0.717, 1.165) is 18.1 Å². The summed E-state index contributed by atoms with van der Waals surface area (Å²) in [5.74, 6) is -0.399. The van der Waals surface area contributed by atoms with Crippen LogP contribution in [0, 0.1) is 10.1 Å². The zero-order valence-electron chi connectivity index (χ0n) is 18.1. The molecule has 0 radical (unpaired) electrons. The van der Waals surface area contributed by atoms with Gasteiger partial charge in [-0.25, -0.2) is 8.42 Å². The van der Waals surface area contributed by atoms with Crippen molar-refractivity contribution in [2.24, 2.45) is 0 Å². The molecule has 1 amide bonds. The van der Waals surface area contributed by atoms with E-state index in [2.05, 4.69) is 5.32 Å². The number of anilines is 2. The molecular weight excluding hydrogens is 438 g/mol. The average molecular weight is 464 g/mol. The maximum Gasteiger partial charge on any atom is 0.286 e. The maximum atomic E-state index is 12.9. The van der Waals surface area contributed by atoms with Crippen molar-refractivity contribution in [2.45, 2.75) is 26.2 Å². The zero-order valence-corrected chi connectivity index (χ0v) is 18.9. The topological polar surface area (TPSA) is 128 Å². The van der Waals surface area contributed by atoms with Crippen LogP contribution in [0.1, 0.15) is 35.7 Å². The van der Waals surface area contributed by atoms with Crippen LogP contribution in [0.5, 0.6) is 11.5 Å². The molecule has 1 aliphatic rings. The lowest BCUT2D eigenvalue weighted by atomic mass is 10.0. The molecule has 1 heterocycles. The summed E-state index contributed by atoms with van der Waals surface area (Å²) in [5, 5.41) is 14.1. The van der Waals surface area contributed by atoms with E-state index in [-0.39, 0.29) is 22.8 Å². The molecule has 0 aromatic heterocycles. The van der Waals surface area contributed by atoms with Crippen molar-refractivity contribution >= 4 is 33.0 Å². The average Bonchev–Trinajstić information content (AvgIpc) is 2.77. The first kappa shape index (κ1) is 23.3. The van der Waals surface area contributed by atoms with Gasteiger partial charge in [0.1, 0.15) is 5.56 Å². The Labute approximate surface area is 186 Å². The molecule has 0 bridgehead atoms. The van der Waals surface area contributed by atoms with Crippen LogP contribution in [0.4, 0.5) is 17.1 Å². The predicted molar refractivity (Wildman–Crippen MR) is 120 cm³/mol. The Kier molecular flexibility index (Phi) is 6.87. The normalized spacial score (nSPS) is 13.3. The molecule has 0 aliphatic carbocycles. The second-order valence-corrected chi connectivity index (χ2v) is 9.28. The Hall–Kier alpha value is -3.34. The Morgan fingerprint density at radius 2 is 1.88 bits per heavy atom. The van der Waals surface area contributed by atoms with Gasteiger partial charge in [0, 0.05) is 18.3 Å². The van der Waals surface area contributed by atoms with E-state index in [1.54, 1.807) is 25.1 Å². The van der Waals surface area contributed by atoms with Crippen LogP contribution in [0.2, 0.25) is 0 Å². The van der Waals surface area contributed by atoms with Gasteiger partial charge in [0.2, 0.25) is 10.0 Å². The molecule has 11 heteroatoms. The number of carbonyl (C=O) groups excluding carboxylic acids is 1. The van der Waals surface area contributed by atoms with Gasteiger partial charge in [-0.15, -0.1) is 0 Å². The molecule has 10 nitrogen and oxygen atoms in total. The minimum Gasteiger partial charge on any atom is -0.493 e. The van der Waals surface area contributed by atoms with Crippen molar-refractivity contribution in [1.82, 2.24) is 0 Å². The summed E-state index contributed by atoms with van der Waals surface area (Å²) in [6.45, 7) is 2.17. The van der Waals surface area contributed by atoms with Crippen LogP contribution in [0.3, 0.4) is 0 Å². The van der Waals surface area contributed by atoms with Crippen LogP contribution in [-0.2, 0) is 16.4 Å². The molecule has 1 N–H and O–H groups in total. The Morgan fingerprint density at radius 1 is 1.19 bits per heavy atom. The molecule has 32 heavy (non-hydrogen) atoms. The third-order valence-corrected chi connectivity index (χ3v) is 7.14. The van der Waals surface area contributed by atoms with E-state index in [0.29, 0.717) is 30.8 Å². The number of nitro benzene ring substituents is 1. The van der Waals surface area contributed by atoms with Gasteiger partial charge in [-0.1, -0.05) is 13.0 Å². The fraction of sp³-hybridized carbons (Fsp3) is 0.381. The largest absolute Gasteiger partial charge is 0.493 e. The summed E-state index contributed by atoms with van der Waals surface area (Å²) in [4.78, 5) is 23.7. The number of ether oxygens (including phenoxy) is 2. The molecule has 172 valence electrons. The Morgan fingerprint density at radius 3 is 2.50 bits per heavy atom. The van der Waals surface area contributed by atoms with Crippen LogP contribution >= 0.6 is 0 Å². The van der Waals surface area contributed by atoms with Crippen molar-refractivity contribution in [1.29, 1.82) is 0 Å². The number of carbonyl (C=O) groups is 1. The molecule has 0 saturated carbocycles. The number of fused-ring (bicyclic) bond motifs is 1. The summed E-state index contributed by atoms with van der Waals surface area (Å²) < 4.78 is 37.0. The smallest absolute Gasteiger partial charge is 0.286 e. The monoisotopic (exact) mass is 463 g/mol. The molecule has 1 aliphatic heterocycles. The molecule has 0 saturated heterocycles. The highest BCUT2D eigenvalue weighted by Crippen LogP contribution is 2.36. The van der Waals surface area contributed by atoms with Gasteiger partial charge in [0.05, 0.1) is 36.6 Å². The molecule has 2 aromatic rings. The second-order valence-electron chi connectivity index (χ2n) is 7.27. The van der Waals surface area contributed by atoms with E-state index < -0.39 is 26.5 Å². The first-order valence-corrected chi connectivity index (χ1v) is 11.7. The first-order chi connectivity index (χ1) is 15.2. The van der Waals surface area contributed by atoms with Crippen LogP contribution in [-0.4, -0.2) is 45.8 Å². The van der Waals surface area contributed by atoms with E-state index >= 15 is 0 Å². The summed E-state index contributed by atoms with van der Waals surface area (Å²) >= 11 is 0. The number of rotatable bonds is 8. The molecule has 0 unspecified atom stereocenters. The third-order valence-electron chi connectivity index (χ3n) is 5.16. The number of aryl methyl sites for hydroxylation is 1. The number of methoxy groups -OCH3 is 2. The number of nitrogens with zero attached hydrogens (tertiary/aromatic N) is 2. The molecule has 0 atom stereocenters. The summed E-state index contributed by atoms with van der Waals surface area (Å²) in [6, 6.07) is 7.37. The van der Waals surface area contributed by atoms with Gasteiger partial charge in [0.15, 0.2) is 11.5 Å². The van der Waals surface area contributed by atoms with Crippen LogP contribution < -0.4 is 19.1 Å².